The van der Waals surface area contributed by atoms with Crippen molar-refractivity contribution >= 4 is 0 Å². The molecule has 3 nitrogen and oxygen atoms in total. The average molecular weight is 471 g/mol. The number of benzene rings is 2. The Morgan fingerprint density at radius 3 is 2.24 bits per heavy atom. The molecule has 1 fully saturated rings. The maximum absolute atomic E-state index is 14.7. The van der Waals surface area contributed by atoms with Crippen molar-refractivity contribution < 1.29 is 18.6 Å². The van der Waals surface area contributed by atoms with E-state index >= 15 is 0 Å². The number of ether oxygens (including phenoxy) is 3. The van der Waals surface area contributed by atoms with Gasteiger partial charge >= 0.3 is 0 Å². The number of unbranched alkanes of at least 4 members (excludes halogenated alkanes) is 6. The Bertz CT molecular complexity index is 812. The van der Waals surface area contributed by atoms with E-state index in [0.717, 1.165) is 38.0 Å². The Kier molecular flexibility index (Phi) is 11.9. The lowest BCUT2D eigenvalue weighted by atomic mass is 10.0. The molecule has 1 aliphatic rings. The fraction of sp³-hybridized carbons (Fsp3) is 0.600. The zero-order valence-corrected chi connectivity index (χ0v) is 21.2. The van der Waals surface area contributed by atoms with Crippen LogP contribution in [-0.2, 0) is 15.9 Å². The van der Waals surface area contributed by atoms with Gasteiger partial charge in [-0.25, -0.2) is 4.39 Å². The van der Waals surface area contributed by atoms with E-state index in [1.165, 1.54) is 63.0 Å². The molecule has 0 aromatic heterocycles. The molecule has 1 heterocycles. The summed E-state index contributed by atoms with van der Waals surface area (Å²) in [4.78, 5) is 0. The largest absolute Gasteiger partial charge is 0.493 e. The number of hydrogen-bond donors (Lipinski definition) is 0. The summed E-state index contributed by atoms with van der Waals surface area (Å²) < 4.78 is 32.3. The van der Waals surface area contributed by atoms with Gasteiger partial charge in [0.2, 0.25) is 0 Å². The average Bonchev–Trinajstić information content (AvgIpc) is 2.86. The predicted molar refractivity (Wildman–Crippen MR) is 138 cm³/mol. The van der Waals surface area contributed by atoms with E-state index in [1.54, 1.807) is 0 Å². The lowest BCUT2D eigenvalue weighted by molar-refractivity contribution is -0.203. The number of halogens is 1. The van der Waals surface area contributed by atoms with Crippen LogP contribution in [0, 0.1) is 11.7 Å². The fourth-order valence-corrected chi connectivity index (χ4v) is 4.45. The zero-order chi connectivity index (χ0) is 24.0. The van der Waals surface area contributed by atoms with Crippen molar-refractivity contribution in [2.75, 3.05) is 19.8 Å². The monoisotopic (exact) mass is 470 g/mol. The smallest absolute Gasteiger partial charge is 0.157 e. The van der Waals surface area contributed by atoms with Gasteiger partial charge in [0, 0.05) is 24.0 Å². The SMILES string of the molecule is CCCCCCCOc1ccc(-c2ccc(CCC3OCC(CCCCC)CO3)cc2)c(F)c1. The van der Waals surface area contributed by atoms with E-state index in [0.29, 0.717) is 23.8 Å². The van der Waals surface area contributed by atoms with Crippen LogP contribution in [0.3, 0.4) is 0 Å². The van der Waals surface area contributed by atoms with Gasteiger partial charge in [-0.15, -0.1) is 0 Å². The molecule has 0 bridgehead atoms. The van der Waals surface area contributed by atoms with E-state index in [9.17, 15) is 4.39 Å². The van der Waals surface area contributed by atoms with Gasteiger partial charge in [-0.1, -0.05) is 83.1 Å². The van der Waals surface area contributed by atoms with Crippen LogP contribution in [0.25, 0.3) is 11.1 Å². The van der Waals surface area contributed by atoms with Crippen molar-refractivity contribution in [3.8, 4) is 16.9 Å². The van der Waals surface area contributed by atoms with Gasteiger partial charge in [0.25, 0.3) is 0 Å². The van der Waals surface area contributed by atoms with Crippen molar-refractivity contribution in [2.45, 2.75) is 90.8 Å². The second-order valence-electron chi connectivity index (χ2n) is 9.60. The molecule has 1 saturated heterocycles. The van der Waals surface area contributed by atoms with E-state index in [2.05, 4.69) is 26.0 Å². The minimum Gasteiger partial charge on any atom is -0.493 e. The molecule has 188 valence electrons. The topological polar surface area (TPSA) is 27.7 Å². The van der Waals surface area contributed by atoms with Crippen LogP contribution in [0.2, 0.25) is 0 Å². The predicted octanol–water partition coefficient (Wildman–Crippen LogP) is 8.34. The van der Waals surface area contributed by atoms with Crippen LogP contribution in [0.15, 0.2) is 42.5 Å². The van der Waals surface area contributed by atoms with Crippen LogP contribution in [-0.4, -0.2) is 26.1 Å². The van der Waals surface area contributed by atoms with Crippen LogP contribution >= 0.6 is 0 Å². The quantitative estimate of drug-likeness (QED) is 0.245. The van der Waals surface area contributed by atoms with Gasteiger partial charge in [0.05, 0.1) is 19.8 Å². The molecule has 1 aliphatic heterocycles. The summed E-state index contributed by atoms with van der Waals surface area (Å²) in [5.74, 6) is 0.904. The first-order chi connectivity index (χ1) is 16.7. The van der Waals surface area contributed by atoms with Gasteiger partial charge in [0.1, 0.15) is 11.6 Å². The van der Waals surface area contributed by atoms with E-state index in [1.807, 2.05) is 24.3 Å². The molecule has 0 spiro atoms. The molecular weight excluding hydrogens is 427 g/mol. The third-order valence-electron chi connectivity index (χ3n) is 6.64. The standard InChI is InChI=1S/C30H43FO3/c1-3-5-7-8-10-20-32-27-17-18-28(29(31)21-27)26-15-12-24(13-16-26)14-19-30-33-22-25(23-34-30)11-9-6-4-2/h12-13,15-18,21,25,30H,3-11,14,19-20,22-23H2,1-2H3. The maximum atomic E-state index is 14.7. The molecule has 0 N–H and O–H groups in total. The minimum atomic E-state index is -0.242. The first kappa shape index (κ1) is 26.7. The van der Waals surface area contributed by atoms with Gasteiger partial charge < -0.3 is 14.2 Å². The summed E-state index contributed by atoms with van der Waals surface area (Å²) >= 11 is 0. The highest BCUT2D eigenvalue weighted by Crippen LogP contribution is 2.27. The Labute approximate surface area is 206 Å². The molecule has 4 heteroatoms. The third kappa shape index (κ3) is 9.03. The zero-order valence-electron chi connectivity index (χ0n) is 21.2. The molecule has 0 saturated carbocycles. The Morgan fingerprint density at radius 1 is 0.824 bits per heavy atom. The second-order valence-corrected chi connectivity index (χ2v) is 9.60. The lowest BCUT2D eigenvalue weighted by Crippen LogP contribution is -2.32. The molecule has 0 atom stereocenters. The number of hydrogen-bond acceptors (Lipinski definition) is 3. The number of rotatable bonds is 15. The van der Waals surface area contributed by atoms with Crippen molar-refractivity contribution in [1.82, 2.24) is 0 Å². The second kappa shape index (κ2) is 15.2. The maximum Gasteiger partial charge on any atom is 0.157 e. The van der Waals surface area contributed by atoms with Crippen LogP contribution in [0.5, 0.6) is 5.75 Å². The highest BCUT2D eigenvalue weighted by molar-refractivity contribution is 5.65. The molecule has 2 aromatic rings. The lowest BCUT2D eigenvalue weighted by Gasteiger charge is -2.29. The summed E-state index contributed by atoms with van der Waals surface area (Å²) in [5, 5.41) is 0. The molecule has 34 heavy (non-hydrogen) atoms. The Hall–Kier alpha value is -1.91. The molecular formula is C30H43FO3. The van der Waals surface area contributed by atoms with E-state index in [-0.39, 0.29) is 12.1 Å². The summed E-state index contributed by atoms with van der Waals surface area (Å²) in [7, 11) is 0. The molecule has 0 unspecified atom stereocenters. The first-order valence-electron chi connectivity index (χ1n) is 13.4. The Morgan fingerprint density at radius 2 is 1.53 bits per heavy atom. The first-order valence-corrected chi connectivity index (χ1v) is 13.4. The molecule has 0 aliphatic carbocycles. The summed E-state index contributed by atoms with van der Waals surface area (Å²) in [6.07, 6.45) is 12.5. The van der Waals surface area contributed by atoms with Crippen molar-refractivity contribution in [1.29, 1.82) is 0 Å². The van der Waals surface area contributed by atoms with Crippen LogP contribution in [0.1, 0.15) is 83.6 Å². The minimum absolute atomic E-state index is 0.112. The molecule has 2 aromatic carbocycles. The summed E-state index contributed by atoms with van der Waals surface area (Å²) in [6.45, 7) is 6.70. The third-order valence-corrected chi connectivity index (χ3v) is 6.64. The van der Waals surface area contributed by atoms with Crippen molar-refractivity contribution in [3.63, 3.8) is 0 Å². The van der Waals surface area contributed by atoms with Crippen molar-refractivity contribution in [2.24, 2.45) is 5.92 Å². The number of aryl methyl sites for hydroxylation is 1. The highest BCUT2D eigenvalue weighted by Gasteiger charge is 2.21. The molecule has 3 rings (SSSR count). The van der Waals surface area contributed by atoms with Crippen molar-refractivity contribution in [3.05, 3.63) is 53.8 Å². The van der Waals surface area contributed by atoms with Gasteiger partial charge in [-0.05, 0) is 42.5 Å². The van der Waals surface area contributed by atoms with Gasteiger partial charge in [-0.2, -0.15) is 0 Å². The van der Waals surface area contributed by atoms with Crippen LogP contribution < -0.4 is 4.74 Å². The fourth-order valence-electron chi connectivity index (χ4n) is 4.45. The highest BCUT2D eigenvalue weighted by atomic mass is 19.1. The van der Waals surface area contributed by atoms with E-state index < -0.39 is 0 Å². The normalized spacial score (nSPS) is 18.2. The van der Waals surface area contributed by atoms with E-state index in [4.69, 9.17) is 14.2 Å². The molecule has 0 radical (unpaired) electrons. The Balaban J connectivity index is 1.41. The van der Waals surface area contributed by atoms with Crippen LogP contribution in [0.4, 0.5) is 4.39 Å². The summed E-state index contributed by atoms with van der Waals surface area (Å²) in [6, 6.07) is 13.3. The van der Waals surface area contributed by atoms with Gasteiger partial charge in [-0.3, -0.25) is 0 Å². The summed E-state index contributed by atoms with van der Waals surface area (Å²) in [5.41, 5.74) is 2.70. The molecule has 0 amide bonds. The van der Waals surface area contributed by atoms with Gasteiger partial charge in [0.15, 0.2) is 6.29 Å².